The van der Waals surface area contributed by atoms with Crippen LogP contribution in [0.15, 0.2) is 28.5 Å². The quantitative estimate of drug-likeness (QED) is 0.831. The van der Waals surface area contributed by atoms with Gasteiger partial charge in [-0.05, 0) is 18.9 Å². The summed E-state index contributed by atoms with van der Waals surface area (Å²) in [4.78, 5) is 16.3. The minimum atomic E-state index is 0.0166. The molecule has 0 unspecified atom stereocenters. The molecule has 2 aromatic heterocycles. The normalized spacial score (nSPS) is 16.3. The topological polar surface area (TPSA) is 34.9 Å². The number of thiazole rings is 1. The highest BCUT2D eigenvalue weighted by atomic mass is 32.1. The summed E-state index contributed by atoms with van der Waals surface area (Å²) in [7, 11) is 1.76. The second-order valence-corrected chi connectivity index (χ2v) is 5.81. The summed E-state index contributed by atoms with van der Waals surface area (Å²) in [6.07, 6.45) is 6.98. The van der Waals surface area contributed by atoms with E-state index in [0.717, 1.165) is 11.3 Å². The maximum atomic E-state index is 11.6. The summed E-state index contributed by atoms with van der Waals surface area (Å²) in [5, 5.41) is 3.31. The molecule has 0 spiro atoms. The van der Waals surface area contributed by atoms with Gasteiger partial charge in [-0.25, -0.2) is 4.98 Å². The molecule has 2 heterocycles. The van der Waals surface area contributed by atoms with E-state index in [1.165, 1.54) is 30.7 Å². The number of hydrogen-bond donors (Lipinski definition) is 0. The van der Waals surface area contributed by atoms with Gasteiger partial charge in [0.1, 0.15) is 0 Å². The molecule has 0 saturated heterocycles. The zero-order valence-electron chi connectivity index (χ0n) is 10.4. The Morgan fingerprint density at radius 3 is 2.89 bits per heavy atom. The number of pyridine rings is 1. The largest absolute Gasteiger partial charge is 0.319 e. The van der Waals surface area contributed by atoms with Gasteiger partial charge >= 0.3 is 0 Å². The Labute approximate surface area is 110 Å². The SMILES string of the molecule is Cn1ccc(-c2csc(C3CCCC3)n2)cc1=O. The van der Waals surface area contributed by atoms with Crippen LogP contribution in [0.5, 0.6) is 0 Å². The maximum absolute atomic E-state index is 11.6. The second kappa shape index (κ2) is 4.69. The summed E-state index contributed by atoms with van der Waals surface area (Å²) < 4.78 is 1.58. The van der Waals surface area contributed by atoms with Crippen LogP contribution < -0.4 is 5.56 Å². The van der Waals surface area contributed by atoms with E-state index < -0.39 is 0 Å². The van der Waals surface area contributed by atoms with Crippen molar-refractivity contribution in [2.75, 3.05) is 0 Å². The average molecular weight is 260 g/mol. The fourth-order valence-electron chi connectivity index (χ4n) is 2.49. The van der Waals surface area contributed by atoms with Crippen LogP contribution >= 0.6 is 11.3 Å². The summed E-state index contributed by atoms with van der Waals surface area (Å²) in [6.45, 7) is 0. The molecule has 4 heteroatoms. The first-order valence-electron chi connectivity index (χ1n) is 6.36. The van der Waals surface area contributed by atoms with Crippen molar-refractivity contribution in [1.29, 1.82) is 0 Å². The Morgan fingerprint density at radius 1 is 1.39 bits per heavy atom. The molecule has 0 aliphatic heterocycles. The first-order chi connectivity index (χ1) is 8.74. The minimum Gasteiger partial charge on any atom is -0.319 e. The molecule has 3 nitrogen and oxygen atoms in total. The van der Waals surface area contributed by atoms with Gasteiger partial charge in [-0.1, -0.05) is 12.8 Å². The number of aryl methyl sites for hydroxylation is 1. The monoisotopic (exact) mass is 260 g/mol. The standard InChI is InChI=1S/C14H16N2OS/c1-16-7-6-11(8-13(16)17)12-9-18-14(15-12)10-4-2-3-5-10/h6-10H,2-5H2,1H3. The first kappa shape index (κ1) is 11.7. The van der Waals surface area contributed by atoms with Crippen LogP contribution in [0.3, 0.4) is 0 Å². The van der Waals surface area contributed by atoms with Crippen LogP contribution in [0.4, 0.5) is 0 Å². The fraction of sp³-hybridized carbons (Fsp3) is 0.429. The third-order valence-electron chi connectivity index (χ3n) is 3.63. The van der Waals surface area contributed by atoms with E-state index in [-0.39, 0.29) is 5.56 Å². The lowest BCUT2D eigenvalue weighted by Crippen LogP contribution is -2.14. The predicted octanol–water partition coefficient (Wildman–Crippen LogP) is 3.17. The Bertz CT molecular complexity index is 608. The molecule has 0 bridgehead atoms. The lowest BCUT2D eigenvalue weighted by molar-refractivity contribution is 0.717. The molecule has 3 rings (SSSR count). The molecule has 1 fully saturated rings. The molecule has 0 aromatic carbocycles. The van der Waals surface area contributed by atoms with Gasteiger partial charge in [-0.15, -0.1) is 11.3 Å². The molecule has 0 radical (unpaired) electrons. The highest BCUT2D eigenvalue weighted by molar-refractivity contribution is 7.10. The summed E-state index contributed by atoms with van der Waals surface area (Å²) >= 11 is 1.73. The fourth-order valence-corrected chi connectivity index (χ4v) is 3.49. The number of rotatable bonds is 2. The predicted molar refractivity (Wildman–Crippen MR) is 74.0 cm³/mol. The Hall–Kier alpha value is -1.42. The van der Waals surface area contributed by atoms with E-state index in [4.69, 9.17) is 4.98 Å². The maximum Gasteiger partial charge on any atom is 0.250 e. The van der Waals surface area contributed by atoms with E-state index in [1.807, 2.05) is 6.07 Å². The van der Waals surface area contributed by atoms with E-state index in [1.54, 1.807) is 35.2 Å². The summed E-state index contributed by atoms with van der Waals surface area (Å²) in [5.41, 5.74) is 1.89. The van der Waals surface area contributed by atoms with Crippen LogP contribution in [0.2, 0.25) is 0 Å². The van der Waals surface area contributed by atoms with E-state index in [9.17, 15) is 4.79 Å². The minimum absolute atomic E-state index is 0.0166. The van der Waals surface area contributed by atoms with Crippen molar-refractivity contribution in [2.24, 2.45) is 7.05 Å². The smallest absolute Gasteiger partial charge is 0.250 e. The summed E-state index contributed by atoms with van der Waals surface area (Å²) in [6, 6.07) is 3.61. The number of aromatic nitrogens is 2. The molecule has 2 aromatic rings. The van der Waals surface area contributed by atoms with Crippen LogP contribution in [0.25, 0.3) is 11.3 Å². The van der Waals surface area contributed by atoms with E-state index in [0.29, 0.717) is 5.92 Å². The summed E-state index contributed by atoms with van der Waals surface area (Å²) in [5.74, 6) is 0.648. The highest BCUT2D eigenvalue weighted by Crippen LogP contribution is 2.36. The molecule has 94 valence electrons. The number of nitrogens with zero attached hydrogens (tertiary/aromatic N) is 2. The molecule has 0 N–H and O–H groups in total. The van der Waals surface area contributed by atoms with Crippen LogP contribution in [0.1, 0.15) is 36.6 Å². The zero-order valence-corrected chi connectivity index (χ0v) is 11.2. The van der Waals surface area contributed by atoms with Crippen molar-refractivity contribution >= 4 is 11.3 Å². The van der Waals surface area contributed by atoms with Crippen molar-refractivity contribution in [2.45, 2.75) is 31.6 Å². The highest BCUT2D eigenvalue weighted by Gasteiger charge is 2.20. The van der Waals surface area contributed by atoms with Gasteiger partial charge in [0.15, 0.2) is 0 Å². The molecule has 1 saturated carbocycles. The molecular weight excluding hydrogens is 244 g/mol. The van der Waals surface area contributed by atoms with Gasteiger partial charge in [0.25, 0.3) is 5.56 Å². The lowest BCUT2D eigenvalue weighted by Gasteiger charge is -2.03. The van der Waals surface area contributed by atoms with Gasteiger partial charge < -0.3 is 4.57 Å². The van der Waals surface area contributed by atoms with Gasteiger partial charge in [0, 0.05) is 36.2 Å². The molecule has 1 aliphatic carbocycles. The average Bonchev–Trinajstić information content (AvgIpc) is 3.01. The van der Waals surface area contributed by atoms with Crippen LogP contribution in [-0.4, -0.2) is 9.55 Å². The Kier molecular flexibility index (Phi) is 3.04. The third-order valence-corrected chi connectivity index (χ3v) is 4.63. The Balaban J connectivity index is 1.92. The van der Waals surface area contributed by atoms with Gasteiger partial charge in [0.05, 0.1) is 10.7 Å². The second-order valence-electron chi connectivity index (χ2n) is 4.92. The van der Waals surface area contributed by atoms with Crippen molar-refractivity contribution in [3.63, 3.8) is 0 Å². The van der Waals surface area contributed by atoms with Crippen molar-refractivity contribution < 1.29 is 0 Å². The van der Waals surface area contributed by atoms with Crippen molar-refractivity contribution in [3.8, 4) is 11.3 Å². The molecule has 18 heavy (non-hydrogen) atoms. The van der Waals surface area contributed by atoms with Crippen LogP contribution in [0, 0.1) is 0 Å². The van der Waals surface area contributed by atoms with Gasteiger partial charge in [0.2, 0.25) is 0 Å². The Morgan fingerprint density at radius 2 is 2.17 bits per heavy atom. The number of hydrogen-bond acceptors (Lipinski definition) is 3. The molecule has 0 amide bonds. The lowest BCUT2D eigenvalue weighted by atomic mass is 10.1. The van der Waals surface area contributed by atoms with Gasteiger partial charge in [-0.2, -0.15) is 0 Å². The van der Waals surface area contributed by atoms with Crippen molar-refractivity contribution in [1.82, 2.24) is 9.55 Å². The molecular formula is C14H16N2OS. The first-order valence-corrected chi connectivity index (χ1v) is 7.24. The van der Waals surface area contributed by atoms with E-state index in [2.05, 4.69) is 5.38 Å². The van der Waals surface area contributed by atoms with Gasteiger partial charge in [-0.3, -0.25) is 4.79 Å². The zero-order chi connectivity index (χ0) is 12.5. The molecule has 1 aliphatic rings. The third kappa shape index (κ3) is 2.12. The molecule has 0 atom stereocenters. The van der Waals surface area contributed by atoms with Crippen LogP contribution in [-0.2, 0) is 7.05 Å². The van der Waals surface area contributed by atoms with E-state index >= 15 is 0 Å². The van der Waals surface area contributed by atoms with Crippen molar-refractivity contribution in [3.05, 3.63) is 39.1 Å².